The molecule has 114 valence electrons. The number of hydrogen-bond donors (Lipinski definition) is 1. The molecular weight excluding hydrogens is 270 g/mol. The van der Waals surface area contributed by atoms with Crippen LogP contribution in [0.25, 0.3) is 0 Å². The molecule has 0 amide bonds. The van der Waals surface area contributed by atoms with Crippen LogP contribution in [0.1, 0.15) is 48.9 Å². The van der Waals surface area contributed by atoms with E-state index in [0.29, 0.717) is 5.92 Å². The van der Waals surface area contributed by atoms with E-state index < -0.39 is 0 Å². The van der Waals surface area contributed by atoms with Crippen molar-refractivity contribution in [2.45, 2.75) is 44.6 Å². The Balaban J connectivity index is 2.00. The zero-order valence-electron chi connectivity index (χ0n) is 13.9. The number of anilines is 1. The second kappa shape index (κ2) is 4.07. The average molecular weight is 293 g/mol. The Labute approximate surface area is 132 Å². The maximum atomic E-state index is 5.52. The van der Waals surface area contributed by atoms with Gasteiger partial charge in [0.1, 0.15) is 5.75 Å². The molecule has 0 spiro atoms. The molecule has 1 aliphatic heterocycles. The van der Waals surface area contributed by atoms with Crippen LogP contribution in [0.3, 0.4) is 0 Å². The fourth-order valence-electron chi connectivity index (χ4n) is 4.93. The summed E-state index contributed by atoms with van der Waals surface area (Å²) < 4.78 is 5.52. The maximum absolute atomic E-state index is 5.52. The maximum Gasteiger partial charge on any atom is 0.119 e. The van der Waals surface area contributed by atoms with Gasteiger partial charge >= 0.3 is 0 Å². The highest BCUT2D eigenvalue weighted by Gasteiger charge is 2.58. The largest absolute Gasteiger partial charge is 0.497 e. The highest BCUT2D eigenvalue weighted by molar-refractivity contribution is 5.73. The Morgan fingerprint density at radius 1 is 1.05 bits per heavy atom. The summed E-state index contributed by atoms with van der Waals surface area (Å²) in [5.41, 5.74) is 6.89. The number of fused-ring (bicyclic) bond motifs is 5. The van der Waals surface area contributed by atoms with Crippen LogP contribution in [0.5, 0.6) is 5.75 Å². The van der Waals surface area contributed by atoms with Crippen molar-refractivity contribution in [3.8, 4) is 5.75 Å². The SMILES string of the molecule is COc1cc(C)c2c(c1)[C@H]1C(C)(C)c3ccccc3[C@@]1(C)N2. The molecule has 4 rings (SSSR count). The van der Waals surface area contributed by atoms with Gasteiger partial charge in [0.05, 0.1) is 12.6 Å². The van der Waals surface area contributed by atoms with Gasteiger partial charge in [-0.25, -0.2) is 0 Å². The minimum atomic E-state index is -0.0421. The lowest BCUT2D eigenvalue weighted by Gasteiger charge is -2.33. The first-order chi connectivity index (χ1) is 10.4. The Morgan fingerprint density at radius 2 is 1.73 bits per heavy atom. The van der Waals surface area contributed by atoms with Gasteiger partial charge in [-0.2, -0.15) is 0 Å². The molecule has 0 fully saturated rings. The standard InChI is InChI=1S/C20H23NO/c1-12-10-13(22-5)11-14-17(12)21-20(4)16-9-7-6-8-15(16)19(2,3)18(14)20/h6-11,18,21H,1-5H3/t18-,20+/m0/s1. The zero-order chi connectivity index (χ0) is 15.7. The Morgan fingerprint density at radius 3 is 2.41 bits per heavy atom. The normalized spacial score (nSPS) is 26.9. The van der Waals surface area contributed by atoms with Crippen LogP contribution in [-0.4, -0.2) is 7.11 Å². The third-order valence-electron chi connectivity index (χ3n) is 5.75. The monoisotopic (exact) mass is 293 g/mol. The summed E-state index contributed by atoms with van der Waals surface area (Å²) in [6, 6.07) is 13.2. The first kappa shape index (κ1) is 13.7. The summed E-state index contributed by atoms with van der Waals surface area (Å²) >= 11 is 0. The molecule has 0 aromatic heterocycles. The van der Waals surface area contributed by atoms with Crippen molar-refractivity contribution in [1.82, 2.24) is 0 Å². The molecule has 1 heterocycles. The smallest absolute Gasteiger partial charge is 0.119 e. The van der Waals surface area contributed by atoms with E-state index in [1.165, 1.54) is 27.9 Å². The van der Waals surface area contributed by atoms with Gasteiger partial charge in [-0.3, -0.25) is 0 Å². The molecule has 1 aliphatic carbocycles. The predicted octanol–water partition coefficient (Wildman–Crippen LogP) is 4.72. The van der Waals surface area contributed by atoms with Gasteiger partial charge in [-0.05, 0) is 53.6 Å². The summed E-state index contributed by atoms with van der Waals surface area (Å²) in [7, 11) is 1.75. The molecular formula is C20H23NO. The van der Waals surface area contributed by atoms with E-state index in [1.807, 2.05) is 0 Å². The summed E-state index contributed by atoms with van der Waals surface area (Å²) in [5.74, 6) is 1.37. The first-order valence-electron chi connectivity index (χ1n) is 7.96. The van der Waals surface area contributed by atoms with Gasteiger partial charge in [0.15, 0.2) is 0 Å². The lowest BCUT2D eigenvalue weighted by atomic mass is 9.71. The van der Waals surface area contributed by atoms with Crippen molar-refractivity contribution in [1.29, 1.82) is 0 Å². The van der Waals surface area contributed by atoms with Gasteiger partial charge in [0.2, 0.25) is 0 Å². The van der Waals surface area contributed by atoms with Crippen LogP contribution in [0.4, 0.5) is 5.69 Å². The zero-order valence-corrected chi connectivity index (χ0v) is 13.9. The molecule has 0 unspecified atom stereocenters. The minimum Gasteiger partial charge on any atom is -0.497 e. The minimum absolute atomic E-state index is 0.0421. The van der Waals surface area contributed by atoms with E-state index in [4.69, 9.17) is 4.74 Å². The molecule has 2 heteroatoms. The van der Waals surface area contributed by atoms with E-state index in [1.54, 1.807) is 7.11 Å². The van der Waals surface area contributed by atoms with E-state index in [0.717, 1.165) is 5.75 Å². The van der Waals surface area contributed by atoms with Crippen LogP contribution < -0.4 is 10.1 Å². The predicted molar refractivity (Wildman–Crippen MR) is 90.9 cm³/mol. The van der Waals surface area contributed by atoms with Gasteiger partial charge in [0.25, 0.3) is 0 Å². The third-order valence-corrected chi connectivity index (χ3v) is 5.75. The summed E-state index contributed by atoms with van der Waals surface area (Å²) in [4.78, 5) is 0. The molecule has 2 atom stereocenters. The van der Waals surface area contributed by atoms with Crippen LogP contribution >= 0.6 is 0 Å². The van der Waals surface area contributed by atoms with Crippen molar-refractivity contribution in [3.05, 3.63) is 58.7 Å². The van der Waals surface area contributed by atoms with Gasteiger partial charge < -0.3 is 10.1 Å². The Hall–Kier alpha value is -1.96. The van der Waals surface area contributed by atoms with Crippen LogP contribution in [0.2, 0.25) is 0 Å². The molecule has 22 heavy (non-hydrogen) atoms. The number of methoxy groups -OCH3 is 1. The third kappa shape index (κ3) is 1.45. The fraction of sp³-hybridized carbons (Fsp3) is 0.400. The molecule has 2 aliphatic rings. The number of hydrogen-bond acceptors (Lipinski definition) is 2. The molecule has 0 bridgehead atoms. The van der Waals surface area contributed by atoms with Gasteiger partial charge in [0, 0.05) is 11.6 Å². The molecule has 0 saturated heterocycles. The number of rotatable bonds is 1. The molecule has 0 saturated carbocycles. The van der Waals surface area contributed by atoms with Gasteiger partial charge in [-0.15, -0.1) is 0 Å². The Kier molecular flexibility index (Phi) is 2.53. The molecule has 0 radical (unpaired) electrons. The molecule has 2 aromatic rings. The second-order valence-electron chi connectivity index (χ2n) is 7.44. The van der Waals surface area contributed by atoms with Crippen molar-refractivity contribution in [3.63, 3.8) is 0 Å². The van der Waals surface area contributed by atoms with E-state index in [2.05, 4.69) is 69.4 Å². The molecule has 2 aromatic carbocycles. The summed E-state index contributed by atoms with van der Waals surface area (Å²) in [5, 5.41) is 3.85. The van der Waals surface area contributed by atoms with E-state index in [-0.39, 0.29) is 11.0 Å². The quantitative estimate of drug-likeness (QED) is 0.821. The van der Waals surface area contributed by atoms with Crippen molar-refractivity contribution in [2.75, 3.05) is 12.4 Å². The highest BCUT2D eigenvalue weighted by Crippen LogP contribution is 2.64. The topological polar surface area (TPSA) is 21.3 Å². The molecule has 2 nitrogen and oxygen atoms in total. The van der Waals surface area contributed by atoms with Crippen molar-refractivity contribution < 1.29 is 4.74 Å². The number of nitrogens with one attached hydrogen (secondary N) is 1. The van der Waals surface area contributed by atoms with Crippen LogP contribution in [0.15, 0.2) is 36.4 Å². The highest BCUT2D eigenvalue weighted by atomic mass is 16.5. The molecule has 1 N–H and O–H groups in total. The van der Waals surface area contributed by atoms with Gasteiger partial charge in [-0.1, -0.05) is 38.1 Å². The fourth-order valence-corrected chi connectivity index (χ4v) is 4.93. The number of aryl methyl sites for hydroxylation is 1. The number of ether oxygens (including phenoxy) is 1. The first-order valence-corrected chi connectivity index (χ1v) is 7.96. The summed E-state index contributed by atoms with van der Waals surface area (Å²) in [6.45, 7) is 9.25. The lowest BCUT2D eigenvalue weighted by molar-refractivity contribution is 0.355. The van der Waals surface area contributed by atoms with Crippen molar-refractivity contribution in [2.24, 2.45) is 0 Å². The van der Waals surface area contributed by atoms with Crippen LogP contribution in [0, 0.1) is 6.92 Å². The second-order valence-corrected chi connectivity index (χ2v) is 7.44. The van der Waals surface area contributed by atoms with E-state index >= 15 is 0 Å². The Bertz CT molecular complexity index is 777. The average Bonchev–Trinajstić information content (AvgIpc) is 2.89. The lowest BCUT2D eigenvalue weighted by Crippen LogP contribution is -2.34. The van der Waals surface area contributed by atoms with E-state index in [9.17, 15) is 0 Å². The summed E-state index contributed by atoms with van der Waals surface area (Å²) in [6.07, 6.45) is 0. The van der Waals surface area contributed by atoms with Crippen molar-refractivity contribution >= 4 is 5.69 Å². The number of benzene rings is 2. The van der Waals surface area contributed by atoms with Crippen LogP contribution in [-0.2, 0) is 11.0 Å².